The highest BCUT2D eigenvalue weighted by Crippen LogP contribution is 2.46. The predicted molar refractivity (Wildman–Crippen MR) is 207 cm³/mol. The molecular formula is C47H30N2. The molecule has 0 aliphatic heterocycles. The van der Waals surface area contributed by atoms with Crippen molar-refractivity contribution in [3.8, 4) is 39.1 Å². The van der Waals surface area contributed by atoms with Crippen LogP contribution in [-0.4, -0.2) is 9.55 Å². The van der Waals surface area contributed by atoms with Gasteiger partial charge >= 0.3 is 0 Å². The third kappa shape index (κ3) is 4.24. The number of nitrogens with zero attached hydrogens (tertiary/aromatic N) is 2. The highest BCUT2D eigenvalue weighted by Gasteiger charge is 2.20. The summed E-state index contributed by atoms with van der Waals surface area (Å²) in [6.07, 6.45) is 3.91. The average molecular weight is 623 g/mol. The van der Waals surface area contributed by atoms with Crippen LogP contribution in [0.15, 0.2) is 182 Å². The monoisotopic (exact) mass is 622 g/mol. The van der Waals surface area contributed by atoms with E-state index in [1.54, 1.807) is 0 Å². The van der Waals surface area contributed by atoms with Gasteiger partial charge in [-0.2, -0.15) is 0 Å². The number of rotatable bonds is 4. The first kappa shape index (κ1) is 27.6. The van der Waals surface area contributed by atoms with Gasteiger partial charge in [-0.25, -0.2) is 0 Å². The minimum Gasteiger partial charge on any atom is -0.309 e. The average Bonchev–Trinajstić information content (AvgIpc) is 3.51. The molecule has 0 unspecified atom stereocenters. The van der Waals surface area contributed by atoms with E-state index in [-0.39, 0.29) is 0 Å². The minimum absolute atomic E-state index is 1.15. The summed E-state index contributed by atoms with van der Waals surface area (Å²) >= 11 is 0. The van der Waals surface area contributed by atoms with E-state index in [2.05, 4.69) is 179 Å². The van der Waals surface area contributed by atoms with Gasteiger partial charge in [0, 0.05) is 28.6 Å². The molecule has 2 aromatic heterocycles. The van der Waals surface area contributed by atoms with Crippen molar-refractivity contribution in [2.45, 2.75) is 0 Å². The molecule has 2 heterocycles. The number of hydrogen-bond acceptors (Lipinski definition) is 1. The second kappa shape index (κ2) is 11.0. The van der Waals surface area contributed by atoms with Crippen LogP contribution in [0.5, 0.6) is 0 Å². The zero-order valence-corrected chi connectivity index (χ0v) is 26.7. The van der Waals surface area contributed by atoms with Crippen LogP contribution in [0.4, 0.5) is 0 Å². The zero-order chi connectivity index (χ0) is 32.3. The van der Waals surface area contributed by atoms with Gasteiger partial charge in [-0.15, -0.1) is 0 Å². The second-order valence-corrected chi connectivity index (χ2v) is 12.7. The SMILES string of the molecule is c1ccc(-c2ccc3c(c2)c2cnccc2n3-c2ccc(-c3c4ccccc4c(-c4ccccc4)c4ccccc34)c3ccccc23)cc1. The van der Waals surface area contributed by atoms with Gasteiger partial charge in [0.15, 0.2) is 0 Å². The first-order chi connectivity index (χ1) is 24.3. The largest absolute Gasteiger partial charge is 0.309 e. The minimum atomic E-state index is 1.15. The van der Waals surface area contributed by atoms with Crippen molar-refractivity contribution in [1.29, 1.82) is 0 Å². The van der Waals surface area contributed by atoms with Crippen LogP contribution in [0, 0.1) is 0 Å². The van der Waals surface area contributed by atoms with Crippen LogP contribution < -0.4 is 0 Å². The molecule has 0 bridgehead atoms. The van der Waals surface area contributed by atoms with Crippen LogP contribution in [0.25, 0.3) is 93.2 Å². The molecule has 2 heteroatoms. The van der Waals surface area contributed by atoms with E-state index in [4.69, 9.17) is 0 Å². The predicted octanol–water partition coefficient (Wildman–Crippen LogP) is 12.6. The Morgan fingerprint density at radius 2 is 0.898 bits per heavy atom. The number of benzene rings is 8. The fourth-order valence-electron chi connectivity index (χ4n) is 7.97. The summed E-state index contributed by atoms with van der Waals surface area (Å²) in [7, 11) is 0. The molecule has 228 valence electrons. The lowest BCUT2D eigenvalue weighted by Crippen LogP contribution is -1.97. The topological polar surface area (TPSA) is 17.8 Å². The van der Waals surface area contributed by atoms with E-state index in [0.717, 1.165) is 16.6 Å². The van der Waals surface area contributed by atoms with Gasteiger partial charge in [0.25, 0.3) is 0 Å². The Balaban J connectivity index is 1.27. The standard InChI is InChI=1S/C47H30N2/c1-3-13-31(14-4-1)33-23-25-44-41(29-33)42-30-48-28-27-45(42)49(44)43-26-24-40(34-17-7-8-18-35(34)43)47-38-21-11-9-19-36(38)46(32-15-5-2-6-16-32)37-20-10-12-22-39(37)47/h1-30H. The van der Waals surface area contributed by atoms with E-state index >= 15 is 0 Å². The molecule has 0 fully saturated rings. The van der Waals surface area contributed by atoms with Crippen LogP contribution >= 0.6 is 0 Å². The molecule has 8 aromatic carbocycles. The van der Waals surface area contributed by atoms with Gasteiger partial charge in [-0.1, -0.05) is 146 Å². The summed E-state index contributed by atoms with van der Waals surface area (Å²) in [6.45, 7) is 0. The lowest BCUT2D eigenvalue weighted by Gasteiger charge is -2.20. The molecule has 0 saturated heterocycles. The molecular weight excluding hydrogens is 593 g/mol. The van der Waals surface area contributed by atoms with E-state index < -0.39 is 0 Å². The van der Waals surface area contributed by atoms with Crippen molar-refractivity contribution in [1.82, 2.24) is 9.55 Å². The number of pyridine rings is 1. The quantitative estimate of drug-likeness (QED) is 0.179. The zero-order valence-electron chi connectivity index (χ0n) is 26.7. The molecule has 0 atom stereocenters. The first-order valence-electron chi connectivity index (χ1n) is 16.8. The Kier molecular flexibility index (Phi) is 6.22. The van der Waals surface area contributed by atoms with Gasteiger partial charge in [0.1, 0.15) is 0 Å². The van der Waals surface area contributed by atoms with E-state index in [1.165, 1.54) is 76.6 Å². The lowest BCUT2D eigenvalue weighted by molar-refractivity contribution is 1.19. The smallest absolute Gasteiger partial charge is 0.0572 e. The molecule has 0 radical (unpaired) electrons. The van der Waals surface area contributed by atoms with Gasteiger partial charge in [-0.05, 0) is 84.6 Å². The normalized spacial score (nSPS) is 11.7. The van der Waals surface area contributed by atoms with Crippen molar-refractivity contribution in [2.24, 2.45) is 0 Å². The fraction of sp³-hybridized carbons (Fsp3) is 0. The second-order valence-electron chi connectivity index (χ2n) is 12.7. The van der Waals surface area contributed by atoms with Crippen molar-refractivity contribution >= 4 is 54.1 Å². The fourth-order valence-corrected chi connectivity index (χ4v) is 7.97. The molecule has 0 aliphatic rings. The van der Waals surface area contributed by atoms with Gasteiger partial charge in [-0.3, -0.25) is 4.98 Å². The van der Waals surface area contributed by atoms with Crippen LogP contribution in [0.3, 0.4) is 0 Å². The summed E-state index contributed by atoms with van der Waals surface area (Å²) in [5.41, 5.74) is 10.9. The van der Waals surface area contributed by atoms with Crippen molar-refractivity contribution < 1.29 is 0 Å². The van der Waals surface area contributed by atoms with Crippen molar-refractivity contribution in [3.63, 3.8) is 0 Å². The van der Waals surface area contributed by atoms with Gasteiger partial charge < -0.3 is 4.57 Å². The third-order valence-electron chi connectivity index (χ3n) is 10.1. The molecule has 10 aromatic rings. The number of fused-ring (bicyclic) bond motifs is 6. The molecule has 0 N–H and O–H groups in total. The highest BCUT2D eigenvalue weighted by molar-refractivity contribution is 6.24. The van der Waals surface area contributed by atoms with Crippen LogP contribution in [-0.2, 0) is 0 Å². The maximum Gasteiger partial charge on any atom is 0.0572 e. The summed E-state index contributed by atoms with van der Waals surface area (Å²) in [4.78, 5) is 4.56. The molecule has 49 heavy (non-hydrogen) atoms. The van der Waals surface area contributed by atoms with Crippen molar-refractivity contribution in [3.05, 3.63) is 182 Å². The van der Waals surface area contributed by atoms with Crippen LogP contribution in [0.2, 0.25) is 0 Å². The van der Waals surface area contributed by atoms with Gasteiger partial charge in [0.2, 0.25) is 0 Å². The Hall–Kier alpha value is -6.51. The number of aromatic nitrogens is 2. The Bertz CT molecular complexity index is 2810. The summed E-state index contributed by atoms with van der Waals surface area (Å²) in [5.74, 6) is 0. The number of hydrogen-bond donors (Lipinski definition) is 0. The Labute approximate surface area is 284 Å². The molecule has 0 saturated carbocycles. The molecule has 0 aliphatic carbocycles. The molecule has 10 rings (SSSR count). The van der Waals surface area contributed by atoms with E-state index in [9.17, 15) is 0 Å². The van der Waals surface area contributed by atoms with Gasteiger partial charge in [0.05, 0.1) is 16.7 Å². The van der Waals surface area contributed by atoms with E-state index in [1.807, 2.05) is 12.4 Å². The summed E-state index contributed by atoms with van der Waals surface area (Å²) < 4.78 is 2.42. The summed E-state index contributed by atoms with van der Waals surface area (Å²) in [6, 6.07) is 61.7. The Morgan fingerprint density at radius 3 is 1.57 bits per heavy atom. The molecule has 0 spiro atoms. The van der Waals surface area contributed by atoms with E-state index in [0.29, 0.717) is 0 Å². The third-order valence-corrected chi connectivity index (χ3v) is 10.1. The Morgan fingerprint density at radius 1 is 0.347 bits per heavy atom. The van der Waals surface area contributed by atoms with Crippen molar-refractivity contribution in [2.75, 3.05) is 0 Å². The first-order valence-corrected chi connectivity index (χ1v) is 16.8. The summed E-state index contributed by atoms with van der Waals surface area (Å²) in [5, 5.41) is 9.84. The maximum atomic E-state index is 4.56. The molecule has 2 nitrogen and oxygen atoms in total. The molecule has 0 amide bonds. The van der Waals surface area contributed by atoms with Crippen LogP contribution in [0.1, 0.15) is 0 Å². The maximum absolute atomic E-state index is 4.56. The highest BCUT2D eigenvalue weighted by atomic mass is 15.0. The lowest BCUT2D eigenvalue weighted by atomic mass is 9.84.